The molecule has 4 N–H and O–H groups in total. The number of carbonyl (C=O) groups is 2. The number of benzene rings is 1. The van der Waals surface area contributed by atoms with Crippen LogP contribution in [-0.2, 0) is 21.1 Å². The normalized spacial score (nSPS) is 18.0. The number of halogens is 1. The van der Waals surface area contributed by atoms with Crippen LogP contribution >= 0.6 is 11.6 Å². The summed E-state index contributed by atoms with van der Waals surface area (Å²) >= 11 is 6.06. The molecular formula is C21H24ClN3O6S. The second kappa shape index (κ2) is 9.03. The van der Waals surface area contributed by atoms with Crippen molar-refractivity contribution >= 4 is 39.1 Å². The number of furan rings is 1. The molecule has 1 atom stereocenters. The Morgan fingerprint density at radius 3 is 2.72 bits per heavy atom. The van der Waals surface area contributed by atoms with E-state index in [1.807, 2.05) is 6.07 Å². The summed E-state index contributed by atoms with van der Waals surface area (Å²) in [5.74, 6) is -0.600. The molecule has 2 aliphatic carbocycles. The Bertz CT molecular complexity index is 1140. The fraction of sp³-hybridized carbons (Fsp3) is 0.429. The number of nitrogens with one attached hydrogen (secondary N) is 3. The van der Waals surface area contributed by atoms with Crippen LogP contribution in [0.25, 0.3) is 0 Å². The summed E-state index contributed by atoms with van der Waals surface area (Å²) in [5, 5.41) is 18.3. The van der Waals surface area contributed by atoms with Gasteiger partial charge in [0.15, 0.2) is 15.6 Å². The molecule has 0 unspecified atom stereocenters. The van der Waals surface area contributed by atoms with Crippen LogP contribution in [0.5, 0.6) is 5.75 Å². The van der Waals surface area contributed by atoms with Gasteiger partial charge in [-0.15, -0.1) is 0 Å². The predicted octanol–water partition coefficient (Wildman–Crippen LogP) is 3.14. The van der Waals surface area contributed by atoms with E-state index in [0.717, 1.165) is 31.2 Å². The molecule has 1 aromatic carbocycles. The zero-order chi connectivity index (χ0) is 22.9. The summed E-state index contributed by atoms with van der Waals surface area (Å²) in [7, 11) is -4.02. The Balaban J connectivity index is 1.44. The van der Waals surface area contributed by atoms with Crippen molar-refractivity contribution in [1.82, 2.24) is 10.6 Å². The highest BCUT2D eigenvalue weighted by molar-refractivity contribution is 7.91. The van der Waals surface area contributed by atoms with Gasteiger partial charge in [-0.1, -0.05) is 11.6 Å². The number of aryl methyl sites for hydroxylation is 1. The molecule has 4 rings (SSSR count). The Morgan fingerprint density at radius 2 is 1.97 bits per heavy atom. The minimum atomic E-state index is -4.02. The van der Waals surface area contributed by atoms with Gasteiger partial charge in [0.25, 0.3) is 0 Å². The van der Waals surface area contributed by atoms with Gasteiger partial charge < -0.3 is 25.5 Å². The molecule has 0 spiro atoms. The van der Waals surface area contributed by atoms with E-state index in [9.17, 15) is 23.1 Å². The van der Waals surface area contributed by atoms with E-state index in [4.69, 9.17) is 16.0 Å². The summed E-state index contributed by atoms with van der Waals surface area (Å²) in [6.07, 6.45) is 5.67. The van der Waals surface area contributed by atoms with Gasteiger partial charge in [0.2, 0.25) is 5.91 Å². The first-order valence-corrected chi connectivity index (χ1v) is 12.4. The van der Waals surface area contributed by atoms with Gasteiger partial charge in [-0.3, -0.25) is 4.79 Å². The third-order valence-corrected chi connectivity index (χ3v) is 7.81. The largest absolute Gasteiger partial charge is 0.504 e. The van der Waals surface area contributed by atoms with E-state index >= 15 is 0 Å². The number of hydrogen-bond donors (Lipinski definition) is 4. The zero-order valence-corrected chi connectivity index (χ0v) is 18.8. The van der Waals surface area contributed by atoms with Crippen molar-refractivity contribution < 1.29 is 27.5 Å². The lowest BCUT2D eigenvalue weighted by Gasteiger charge is -2.22. The Labute approximate surface area is 190 Å². The standard InChI is InChI=1S/C21H24ClN3O6S/c22-14-6-7-15(24-21(28)25-16-3-1-2-12-8-10-31-18(12)16)17(26)19(14)32(29,30)11-9-23-20(27)13-4-5-13/h6-8,10,13,16,26H,1-5,9,11H2,(H,23,27)(H2,24,25,28)/t16-/m1/s1. The highest BCUT2D eigenvalue weighted by Gasteiger charge is 2.31. The van der Waals surface area contributed by atoms with E-state index in [1.54, 1.807) is 6.26 Å². The molecule has 3 amide bonds. The number of anilines is 1. The number of rotatable bonds is 7. The lowest BCUT2D eigenvalue weighted by molar-refractivity contribution is -0.122. The lowest BCUT2D eigenvalue weighted by Crippen LogP contribution is -2.34. The maximum atomic E-state index is 12.8. The highest BCUT2D eigenvalue weighted by atomic mass is 35.5. The number of urea groups is 1. The van der Waals surface area contributed by atoms with Gasteiger partial charge >= 0.3 is 6.03 Å². The molecule has 1 heterocycles. The monoisotopic (exact) mass is 481 g/mol. The van der Waals surface area contributed by atoms with Crippen LogP contribution < -0.4 is 16.0 Å². The fourth-order valence-electron chi connectivity index (χ4n) is 3.79. The Morgan fingerprint density at radius 1 is 1.19 bits per heavy atom. The number of phenolic OH excluding ortho intramolecular Hbond substituents is 1. The van der Waals surface area contributed by atoms with Crippen molar-refractivity contribution in [2.75, 3.05) is 17.6 Å². The SMILES string of the molecule is O=C(Nc1ccc(Cl)c(S(=O)(=O)CCNC(=O)C2CC2)c1O)N[C@@H]1CCCc2ccoc21. The van der Waals surface area contributed by atoms with Crippen molar-refractivity contribution in [3.05, 3.63) is 40.8 Å². The quantitative estimate of drug-likeness (QED) is 0.448. The summed E-state index contributed by atoms with van der Waals surface area (Å²) in [5.41, 5.74) is 0.945. The Hall–Kier alpha value is -2.72. The van der Waals surface area contributed by atoms with E-state index < -0.39 is 32.3 Å². The first kappa shape index (κ1) is 22.5. The number of carbonyl (C=O) groups excluding carboxylic acids is 2. The van der Waals surface area contributed by atoms with Crippen LogP contribution in [0.15, 0.2) is 33.8 Å². The molecule has 0 bridgehead atoms. The molecule has 32 heavy (non-hydrogen) atoms. The molecule has 2 aliphatic rings. The zero-order valence-electron chi connectivity index (χ0n) is 17.2. The second-order valence-corrected chi connectivity index (χ2v) is 10.5. The molecule has 2 aromatic rings. The third-order valence-electron chi connectivity index (χ3n) is 5.60. The van der Waals surface area contributed by atoms with Crippen LogP contribution in [-0.4, -0.2) is 37.8 Å². The number of sulfone groups is 1. The summed E-state index contributed by atoms with van der Waals surface area (Å²) in [6.45, 7) is -0.0985. The molecule has 11 heteroatoms. The average molecular weight is 482 g/mol. The molecular weight excluding hydrogens is 458 g/mol. The second-order valence-electron chi connectivity index (χ2n) is 8.01. The van der Waals surface area contributed by atoms with Crippen LogP contribution in [0, 0.1) is 5.92 Å². The fourth-order valence-corrected chi connectivity index (χ4v) is 5.64. The van der Waals surface area contributed by atoms with Crippen molar-refractivity contribution in [3.8, 4) is 5.75 Å². The van der Waals surface area contributed by atoms with Crippen LogP contribution in [0.2, 0.25) is 5.02 Å². The summed E-state index contributed by atoms with van der Waals surface area (Å²) in [4.78, 5) is 23.8. The van der Waals surface area contributed by atoms with Gasteiger partial charge in [0, 0.05) is 12.5 Å². The van der Waals surface area contributed by atoms with Gasteiger partial charge in [0.05, 0.1) is 28.8 Å². The van der Waals surface area contributed by atoms with E-state index in [1.165, 1.54) is 12.1 Å². The minimum Gasteiger partial charge on any atom is -0.504 e. The molecule has 0 radical (unpaired) electrons. The van der Waals surface area contributed by atoms with Crippen LogP contribution in [0.4, 0.5) is 10.5 Å². The first-order valence-electron chi connectivity index (χ1n) is 10.4. The van der Waals surface area contributed by atoms with Gasteiger partial charge in [-0.05, 0) is 55.9 Å². The van der Waals surface area contributed by atoms with Crippen molar-refractivity contribution in [3.63, 3.8) is 0 Å². The molecule has 1 fully saturated rings. The van der Waals surface area contributed by atoms with E-state index in [2.05, 4.69) is 16.0 Å². The van der Waals surface area contributed by atoms with E-state index in [-0.39, 0.29) is 35.1 Å². The van der Waals surface area contributed by atoms with Crippen LogP contribution in [0.1, 0.15) is 43.0 Å². The predicted molar refractivity (Wildman–Crippen MR) is 117 cm³/mol. The topological polar surface area (TPSA) is 138 Å². The van der Waals surface area contributed by atoms with Crippen molar-refractivity contribution in [1.29, 1.82) is 0 Å². The lowest BCUT2D eigenvalue weighted by atomic mass is 9.94. The van der Waals surface area contributed by atoms with Gasteiger partial charge in [0.1, 0.15) is 10.7 Å². The maximum Gasteiger partial charge on any atom is 0.319 e. The molecule has 1 saturated carbocycles. The first-order chi connectivity index (χ1) is 15.3. The molecule has 1 aromatic heterocycles. The Kier molecular flexibility index (Phi) is 6.34. The van der Waals surface area contributed by atoms with Crippen molar-refractivity contribution in [2.45, 2.75) is 43.0 Å². The number of amides is 3. The van der Waals surface area contributed by atoms with Gasteiger partial charge in [-0.2, -0.15) is 0 Å². The maximum absolute atomic E-state index is 12.8. The average Bonchev–Trinajstić information content (AvgIpc) is 3.47. The third kappa shape index (κ3) is 4.86. The summed E-state index contributed by atoms with van der Waals surface area (Å²) in [6, 6.07) is 3.55. The number of hydrogen-bond acceptors (Lipinski definition) is 6. The number of fused-ring (bicyclic) bond motifs is 1. The molecule has 0 aliphatic heterocycles. The minimum absolute atomic E-state index is 0.0397. The van der Waals surface area contributed by atoms with Gasteiger partial charge in [-0.25, -0.2) is 13.2 Å². The molecule has 9 nitrogen and oxygen atoms in total. The smallest absolute Gasteiger partial charge is 0.319 e. The van der Waals surface area contributed by atoms with Crippen molar-refractivity contribution in [2.24, 2.45) is 5.92 Å². The highest BCUT2D eigenvalue weighted by Crippen LogP contribution is 2.38. The van der Waals surface area contributed by atoms with E-state index in [0.29, 0.717) is 12.2 Å². The number of phenols is 1. The van der Waals surface area contributed by atoms with Crippen LogP contribution in [0.3, 0.4) is 0 Å². The molecule has 172 valence electrons. The summed E-state index contributed by atoms with van der Waals surface area (Å²) < 4.78 is 31.0. The number of aromatic hydroxyl groups is 1. The molecule has 0 saturated heterocycles.